The van der Waals surface area contributed by atoms with Crippen molar-refractivity contribution in [2.24, 2.45) is 11.3 Å². The van der Waals surface area contributed by atoms with Gasteiger partial charge in [0.05, 0.1) is 6.10 Å². The molecule has 1 aliphatic heterocycles. The van der Waals surface area contributed by atoms with Crippen LogP contribution in [0.3, 0.4) is 0 Å². The smallest absolute Gasteiger partial charge is 0.320 e. The number of amides is 2. The Morgan fingerprint density at radius 2 is 1.89 bits per heavy atom. The average molecular weight is 254 g/mol. The van der Waals surface area contributed by atoms with E-state index in [4.69, 9.17) is 0 Å². The summed E-state index contributed by atoms with van der Waals surface area (Å²) in [6.07, 6.45) is 2.38. The van der Waals surface area contributed by atoms with Crippen LogP contribution in [0, 0.1) is 11.3 Å². The number of likely N-dealkylation sites (N-methyl/N-ethyl adjacent to an activating group) is 1. The van der Waals surface area contributed by atoms with Crippen LogP contribution in [0.25, 0.3) is 0 Å². The molecule has 3 atom stereocenters. The first-order valence-electron chi connectivity index (χ1n) is 7.00. The molecule has 3 unspecified atom stereocenters. The molecule has 1 N–H and O–H groups in total. The number of nitrogens with zero attached hydrogens (tertiary/aromatic N) is 2. The summed E-state index contributed by atoms with van der Waals surface area (Å²) in [6.45, 7) is 8.34. The predicted molar refractivity (Wildman–Crippen MR) is 71.3 cm³/mol. The fourth-order valence-corrected chi connectivity index (χ4v) is 3.46. The van der Waals surface area contributed by atoms with Gasteiger partial charge in [0.1, 0.15) is 0 Å². The van der Waals surface area contributed by atoms with Crippen molar-refractivity contribution in [3.63, 3.8) is 0 Å². The van der Waals surface area contributed by atoms with E-state index in [1.165, 1.54) is 0 Å². The number of carbonyl (C=O) groups excluding carboxylic acids is 1. The molecule has 104 valence electrons. The maximum absolute atomic E-state index is 12.2. The lowest BCUT2D eigenvalue weighted by Gasteiger charge is -2.45. The Bertz CT molecular complexity index is 324. The Balaban J connectivity index is 2.18. The zero-order valence-electron chi connectivity index (χ0n) is 12.0. The van der Waals surface area contributed by atoms with Gasteiger partial charge < -0.3 is 14.9 Å². The van der Waals surface area contributed by atoms with E-state index in [0.717, 1.165) is 32.4 Å². The molecule has 0 aromatic rings. The van der Waals surface area contributed by atoms with Crippen molar-refractivity contribution in [3.05, 3.63) is 0 Å². The van der Waals surface area contributed by atoms with Gasteiger partial charge in [0.15, 0.2) is 0 Å². The lowest BCUT2D eigenvalue weighted by Crippen LogP contribution is -2.50. The van der Waals surface area contributed by atoms with Crippen LogP contribution in [-0.2, 0) is 0 Å². The van der Waals surface area contributed by atoms with E-state index in [0.29, 0.717) is 5.92 Å². The molecular weight excluding hydrogens is 228 g/mol. The van der Waals surface area contributed by atoms with Gasteiger partial charge in [-0.2, -0.15) is 0 Å². The van der Waals surface area contributed by atoms with Gasteiger partial charge in [-0.1, -0.05) is 20.8 Å². The molecule has 1 saturated heterocycles. The zero-order valence-corrected chi connectivity index (χ0v) is 12.0. The Morgan fingerprint density at radius 1 is 1.22 bits per heavy atom. The molecule has 2 amide bonds. The molecule has 0 bridgehead atoms. The molecule has 0 radical (unpaired) electrons. The summed E-state index contributed by atoms with van der Waals surface area (Å²) in [5.74, 6) is 0.483. The van der Waals surface area contributed by atoms with E-state index in [2.05, 4.69) is 20.8 Å². The third-order valence-electron chi connectivity index (χ3n) is 4.55. The Labute approximate surface area is 110 Å². The monoisotopic (exact) mass is 254 g/mol. The molecule has 2 rings (SSSR count). The fraction of sp³-hybridized carbons (Fsp3) is 0.929. The topological polar surface area (TPSA) is 43.8 Å². The highest BCUT2D eigenvalue weighted by atomic mass is 16.3. The molecule has 4 nitrogen and oxygen atoms in total. The molecule has 0 aromatic heterocycles. The number of aliphatic hydroxyl groups is 1. The van der Waals surface area contributed by atoms with Crippen molar-refractivity contribution in [2.75, 3.05) is 20.1 Å². The molecule has 0 aromatic carbocycles. The third kappa shape index (κ3) is 2.48. The van der Waals surface area contributed by atoms with E-state index in [1.807, 2.05) is 11.9 Å². The average Bonchev–Trinajstić information content (AvgIpc) is 2.58. The van der Waals surface area contributed by atoms with Crippen LogP contribution in [0.2, 0.25) is 0 Å². The molecule has 1 saturated carbocycles. The number of urea groups is 1. The van der Waals surface area contributed by atoms with Gasteiger partial charge in [-0.15, -0.1) is 0 Å². The van der Waals surface area contributed by atoms with Crippen molar-refractivity contribution < 1.29 is 9.90 Å². The second kappa shape index (κ2) is 4.72. The van der Waals surface area contributed by atoms with Gasteiger partial charge in [0.25, 0.3) is 0 Å². The van der Waals surface area contributed by atoms with Gasteiger partial charge in [-0.25, -0.2) is 4.79 Å². The number of rotatable bonds is 1. The summed E-state index contributed by atoms with van der Waals surface area (Å²) >= 11 is 0. The predicted octanol–water partition coefficient (Wildman–Crippen LogP) is 1.93. The molecule has 0 spiro atoms. The molecule has 1 aliphatic carbocycles. The standard InChI is InChI=1S/C14H26N2O2/c1-14(2,3)11-6-5-10(17)9-12(11)16-8-7-15(4)13(16)18/h10-12,17H,5-9H2,1-4H3. The highest BCUT2D eigenvalue weighted by Crippen LogP contribution is 2.41. The van der Waals surface area contributed by atoms with Crippen LogP contribution in [0.1, 0.15) is 40.0 Å². The number of aliphatic hydroxyl groups excluding tert-OH is 1. The summed E-state index contributed by atoms with van der Waals surface area (Å²) < 4.78 is 0. The van der Waals surface area contributed by atoms with E-state index in [-0.39, 0.29) is 23.6 Å². The van der Waals surface area contributed by atoms with Crippen molar-refractivity contribution in [1.82, 2.24) is 9.80 Å². The van der Waals surface area contributed by atoms with Gasteiger partial charge in [0, 0.05) is 26.2 Å². The third-order valence-corrected chi connectivity index (χ3v) is 4.55. The first kappa shape index (κ1) is 13.7. The first-order valence-corrected chi connectivity index (χ1v) is 7.00. The van der Waals surface area contributed by atoms with E-state index in [9.17, 15) is 9.90 Å². The first-order chi connectivity index (χ1) is 8.30. The minimum atomic E-state index is -0.243. The van der Waals surface area contributed by atoms with Gasteiger partial charge in [-0.3, -0.25) is 0 Å². The van der Waals surface area contributed by atoms with Gasteiger partial charge in [0.2, 0.25) is 0 Å². The molecule has 2 fully saturated rings. The van der Waals surface area contributed by atoms with Crippen molar-refractivity contribution in [3.8, 4) is 0 Å². The summed E-state index contributed by atoms with van der Waals surface area (Å²) in [6, 6.07) is 0.328. The maximum Gasteiger partial charge on any atom is 0.320 e. The highest BCUT2D eigenvalue weighted by molar-refractivity contribution is 5.76. The van der Waals surface area contributed by atoms with Crippen LogP contribution in [0.4, 0.5) is 4.79 Å². The van der Waals surface area contributed by atoms with Gasteiger partial charge in [-0.05, 0) is 30.6 Å². The lowest BCUT2D eigenvalue weighted by molar-refractivity contribution is 0.00862. The summed E-state index contributed by atoms with van der Waals surface area (Å²) in [7, 11) is 1.85. The molecule has 18 heavy (non-hydrogen) atoms. The lowest BCUT2D eigenvalue weighted by atomic mass is 9.68. The van der Waals surface area contributed by atoms with Gasteiger partial charge >= 0.3 is 6.03 Å². The quantitative estimate of drug-likeness (QED) is 0.777. The fourth-order valence-electron chi connectivity index (χ4n) is 3.46. The Hall–Kier alpha value is -0.770. The van der Waals surface area contributed by atoms with Crippen molar-refractivity contribution in [2.45, 2.75) is 52.2 Å². The van der Waals surface area contributed by atoms with E-state index < -0.39 is 0 Å². The Morgan fingerprint density at radius 3 is 2.39 bits per heavy atom. The van der Waals surface area contributed by atoms with Crippen LogP contribution in [0.15, 0.2) is 0 Å². The largest absolute Gasteiger partial charge is 0.393 e. The summed E-state index contributed by atoms with van der Waals surface area (Å²) in [5.41, 5.74) is 0.187. The van der Waals surface area contributed by atoms with E-state index in [1.54, 1.807) is 4.90 Å². The SMILES string of the molecule is CN1CCN(C2CC(O)CCC2C(C)(C)C)C1=O. The minimum absolute atomic E-state index is 0.128. The van der Waals surface area contributed by atoms with Crippen LogP contribution in [0.5, 0.6) is 0 Å². The zero-order chi connectivity index (χ0) is 13.5. The second-order valence-electron chi connectivity index (χ2n) is 6.90. The van der Waals surface area contributed by atoms with Crippen LogP contribution in [-0.4, -0.2) is 53.2 Å². The maximum atomic E-state index is 12.2. The Kier molecular flexibility index (Phi) is 3.58. The van der Waals surface area contributed by atoms with Crippen molar-refractivity contribution in [1.29, 1.82) is 0 Å². The van der Waals surface area contributed by atoms with Crippen LogP contribution >= 0.6 is 0 Å². The number of hydrogen-bond donors (Lipinski definition) is 1. The molecule has 2 aliphatic rings. The summed E-state index contributed by atoms with van der Waals surface area (Å²) in [4.78, 5) is 15.9. The number of hydrogen-bond acceptors (Lipinski definition) is 2. The van der Waals surface area contributed by atoms with Crippen molar-refractivity contribution >= 4 is 6.03 Å². The molecule has 4 heteroatoms. The molecule has 1 heterocycles. The van der Waals surface area contributed by atoms with Crippen LogP contribution < -0.4 is 0 Å². The minimum Gasteiger partial charge on any atom is -0.393 e. The number of carbonyl (C=O) groups is 1. The molecular formula is C14H26N2O2. The normalized spacial score (nSPS) is 34.3. The highest BCUT2D eigenvalue weighted by Gasteiger charge is 2.43. The summed E-state index contributed by atoms with van der Waals surface area (Å²) in [5, 5.41) is 9.92. The second-order valence-corrected chi connectivity index (χ2v) is 6.90. The van der Waals surface area contributed by atoms with E-state index >= 15 is 0 Å².